The number of hydrogen-bond donors (Lipinski definition) is 2. The van der Waals surface area contributed by atoms with Crippen LogP contribution in [-0.4, -0.2) is 34.2 Å². The SMILES string of the molecule is COc1ccc2nc(SCc3ccccc3CSc3nc4ccc(OC)cc4[nH]3)[nH]c2c1. The molecule has 0 saturated heterocycles. The number of hydrogen-bond acceptors (Lipinski definition) is 6. The summed E-state index contributed by atoms with van der Waals surface area (Å²) >= 11 is 3.40. The molecule has 0 saturated carbocycles. The summed E-state index contributed by atoms with van der Waals surface area (Å²) in [5.74, 6) is 3.32. The summed E-state index contributed by atoms with van der Waals surface area (Å²) < 4.78 is 10.6. The van der Waals surface area contributed by atoms with Crippen LogP contribution in [0, 0.1) is 0 Å². The molecule has 0 aliphatic heterocycles. The van der Waals surface area contributed by atoms with Gasteiger partial charge in [0.1, 0.15) is 11.5 Å². The first-order valence-corrected chi connectivity index (χ1v) is 12.1. The molecule has 32 heavy (non-hydrogen) atoms. The Hall–Kier alpha value is -3.10. The van der Waals surface area contributed by atoms with Gasteiger partial charge >= 0.3 is 0 Å². The first kappa shape index (κ1) is 20.8. The first-order chi connectivity index (χ1) is 15.7. The van der Waals surface area contributed by atoms with Crippen molar-refractivity contribution in [1.82, 2.24) is 19.9 Å². The number of nitrogens with zero attached hydrogens (tertiary/aromatic N) is 2. The number of aromatic amines is 2. The highest BCUT2D eigenvalue weighted by molar-refractivity contribution is 7.98. The normalized spacial score (nSPS) is 11.3. The molecule has 0 amide bonds. The van der Waals surface area contributed by atoms with Crippen LogP contribution >= 0.6 is 23.5 Å². The fourth-order valence-corrected chi connectivity index (χ4v) is 5.29. The lowest BCUT2D eigenvalue weighted by atomic mass is 10.1. The van der Waals surface area contributed by atoms with E-state index in [0.29, 0.717) is 0 Å². The Balaban J connectivity index is 1.28. The maximum Gasteiger partial charge on any atom is 0.166 e. The van der Waals surface area contributed by atoms with Crippen molar-refractivity contribution >= 4 is 45.6 Å². The van der Waals surface area contributed by atoms with Crippen LogP contribution in [0.2, 0.25) is 0 Å². The molecule has 0 fully saturated rings. The van der Waals surface area contributed by atoms with Gasteiger partial charge in [0.25, 0.3) is 0 Å². The Morgan fingerprint density at radius 2 is 1.16 bits per heavy atom. The Kier molecular flexibility index (Phi) is 5.96. The van der Waals surface area contributed by atoms with Crippen LogP contribution in [0.25, 0.3) is 22.1 Å². The van der Waals surface area contributed by atoms with Crippen molar-refractivity contribution in [3.05, 3.63) is 71.8 Å². The smallest absolute Gasteiger partial charge is 0.166 e. The third-order valence-corrected chi connectivity index (χ3v) is 7.03. The highest BCUT2D eigenvalue weighted by Gasteiger charge is 2.10. The first-order valence-electron chi connectivity index (χ1n) is 10.1. The maximum atomic E-state index is 5.30. The molecule has 2 N–H and O–H groups in total. The molecule has 0 aliphatic carbocycles. The van der Waals surface area contributed by atoms with Crippen LogP contribution in [0.3, 0.4) is 0 Å². The van der Waals surface area contributed by atoms with E-state index >= 15 is 0 Å². The van der Waals surface area contributed by atoms with Crippen LogP contribution in [0.5, 0.6) is 11.5 Å². The minimum atomic E-state index is 0.823. The predicted octanol–water partition coefficient (Wildman–Crippen LogP) is 6.04. The van der Waals surface area contributed by atoms with Crippen LogP contribution in [0.1, 0.15) is 11.1 Å². The van der Waals surface area contributed by atoms with Gasteiger partial charge in [-0.15, -0.1) is 0 Å². The van der Waals surface area contributed by atoms with E-state index in [9.17, 15) is 0 Å². The average Bonchev–Trinajstić information content (AvgIpc) is 3.43. The number of benzene rings is 3. The molecule has 2 heterocycles. The van der Waals surface area contributed by atoms with Crippen LogP contribution in [0.15, 0.2) is 71.0 Å². The van der Waals surface area contributed by atoms with Gasteiger partial charge in [0.15, 0.2) is 10.3 Å². The summed E-state index contributed by atoms with van der Waals surface area (Å²) in [6, 6.07) is 20.3. The van der Waals surface area contributed by atoms with Crippen molar-refractivity contribution < 1.29 is 9.47 Å². The monoisotopic (exact) mass is 462 g/mol. The number of rotatable bonds is 8. The fourth-order valence-electron chi connectivity index (χ4n) is 3.45. The molecule has 2 aromatic heterocycles. The molecule has 3 aromatic carbocycles. The molecule has 0 bridgehead atoms. The number of aromatic nitrogens is 4. The summed E-state index contributed by atoms with van der Waals surface area (Å²) in [7, 11) is 3.34. The van der Waals surface area contributed by atoms with E-state index in [1.165, 1.54) is 11.1 Å². The van der Waals surface area contributed by atoms with Gasteiger partial charge in [-0.3, -0.25) is 0 Å². The Morgan fingerprint density at radius 3 is 1.59 bits per heavy atom. The summed E-state index contributed by atoms with van der Waals surface area (Å²) in [5, 5.41) is 1.81. The summed E-state index contributed by atoms with van der Waals surface area (Å²) in [4.78, 5) is 16.1. The quantitative estimate of drug-likeness (QED) is 0.274. The lowest BCUT2D eigenvalue weighted by molar-refractivity contribution is 0.415. The number of nitrogens with one attached hydrogen (secondary N) is 2. The van der Waals surface area contributed by atoms with Crippen molar-refractivity contribution in [2.24, 2.45) is 0 Å². The van der Waals surface area contributed by atoms with E-state index in [2.05, 4.69) is 44.2 Å². The van der Waals surface area contributed by atoms with Gasteiger partial charge in [-0.1, -0.05) is 47.8 Å². The van der Waals surface area contributed by atoms with Gasteiger partial charge in [-0.2, -0.15) is 0 Å². The lowest BCUT2D eigenvalue weighted by Gasteiger charge is -2.07. The average molecular weight is 463 g/mol. The standard InChI is InChI=1S/C24H22N4O2S2/c1-29-17-7-9-19-21(11-17)27-23(25-19)31-13-15-5-3-4-6-16(15)14-32-24-26-20-10-8-18(30-2)12-22(20)28-24/h3-12H,13-14H2,1-2H3,(H,25,27)(H,26,28). The molecule has 0 radical (unpaired) electrons. The molecule has 5 aromatic rings. The van der Waals surface area contributed by atoms with E-state index in [-0.39, 0.29) is 0 Å². The third kappa shape index (κ3) is 4.42. The minimum Gasteiger partial charge on any atom is -0.497 e. The second kappa shape index (κ2) is 9.18. The van der Waals surface area contributed by atoms with E-state index in [0.717, 1.165) is 55.4 Å². The Labute approximate surface area is 194 Å². The molecule has 0 atom stereocenters. The topological polar surface area (TPSA) is 75.8 Å². The molecular weight excluding hydrogens is 440 g/mol. The van der Waals surface area contributed by atoms with Crippen LogP contribution in [-0.2, 0) is 11.5 Å². The van der Waals surface area contributed by atoms with E-state index in [1.54, 1.807) is 37.7 Å². The summed E-state index contributed by atoms with van der Waals surface area (Å²) in [6.07, 6.45) is 0. The molecule has 162 valence electrons. The van der Waals surface area contributed by atoms with Crippen LogP contribution < -0.4 is 9.47 Å². The molecule has 0 unspecified atom stereocenters. The number of ether oxygens (including phenoxy) is 2. The highest BCUT2D eigenvalue weighted by atomic mass is 32.2. The molecule has 6 nitrogen and oxygen atoms in total. The second-order valence-corrected chi connectivity index (χ2v) is 9.12. The van der Waals surface area contributed by atoms with Gasteiger partial charge in [0.2, 0.25) is 0 Å². The summed E-state index contributed by atoms with van der Waals surface area (Å²) in [6.45, 7) is 0. The third-order valence-electron chi connectivity index (χ3n) is 5.18. The van der Waals surface area contributed by atoms with Gasteiger partial charge in [0, 0.05) is 23.6 Å². The zero-order valence-electron chi connectivity index (χ0n) is 17.7. The van der Waals surface area contributed by atoms with E-state index in [1.807, 2.05) is 36.4 Å². The van der Waals surface area contributed by atoms with Crippen molar-refractivity contribution in [3.8, 4) is 11.5 Å². The fraction of sp³-hybridized carbons (Fsp3) is 0.167. The number of imidazole rings is 2. The van der Waals surface area contributed by atoms with Crippen molar-refractivity contribution in [2.75, 3.05) is 14.2 Å². The summed E-state index contributed by atoms with van der Waals surface area (Å²) in [5.41, 5.74) is 6.44. The zero-order chi connectivity index (χ0) is 21.9. The number of thioether (sulfide) groups is 2. The van der Waals surface area contributed by atoms with Crippen molar-refractivity contribution in [1.29, 1.82) is 0 Å². The van der Waals surface area contributed by atoms with Gasteiger partial charge in [0.05, 0.1) is 36.3 Å². The maximum absolute atomic E-state index is 5.30. The molecular formula is C24H22N4O2S2. The Bertz CT molecular complexity index is 1270. The number of fused-ring (bicyclic) bond motifs is 2. The van der Waals surface area contributed by atoms with Gasteiger partial charge in [-0.05, 0) is 35.4 Å². The van der Waals surface area contributed by atoms with Crippen LogP contribution in [0.4, 0.5) is 0 Å². The zero-order valence-corrected chi connectivity index (χ0v) is 19.3. The second-order valence-electron chi connectivity index (χ2n) is 7.20. The van der Waals surface area contributed by atoms with E-state index in [4.69, 9.17) is 9.47 Å². The molecule has 0 spiro atoms. The lowest BCUT2D eigenvalue weighted by Crippen LogP contribution is -1.91. The highest BCUT2D eigenvalue weighted by Crippen LogP contribution is 2.30. The Morgan fingerprint density at radius 1 is 0.688 bits per heavy atom. The van der Waals surface area contributed by atoms with E-state index < -0.39 is 0 Å². The van der Waals surface area contributed by atoms with Crippen molar-refractivity contribution in [3.63, 3.8) is 0 Å². The number of methoxy groups -OCH3 is 2. The van der Waals surface area contributed by atoms with Gasteiger partial charge in [-0.25, -0.2) is 9.97 Å². The molecule has 5 rings (SSSR count). The predicted molar refractivity (Wildman–Crippen MR) is 131 cm³/mol. The van der Waals surface area contributed by atoms with Gasteiger partial charge < -0.3 is 19.4 Å². The molecule has 8 heteroatoms. The molecule has 0 aliphatic rings. The number of H-pyrrole nitrogens is 2. The van der Waals surface area contributed by atoms with Crippen molar-refractivity contribution in [2.45, 2.75) is 21.8 Å². The minimum absolute atomic E-state index is 0.823. The largest absolute Gasteiger partial charge is 0.497 e.